The van der Waals surface area contributed by atoms with Crippen LogP contribution < -0.4 is 11.1 Å². The van der Waals surface area contributed by atoms with Crippen molar-refractivity contribution in [1.29, 1.82) is 0 Å². The van der Waals surface area contributed by atoms with E-state index in [1.165, 1.54) is 16.0 Å². The molecule has 6 heteroatoms. The van der Waals surface area contributed by atoms with Crippen LogP contribution in [0.3, 0.4) is 0 Å². The minimum absolute atomic E-state index is 0.197. The standard InChI is InChI=1S/C17H21N5S/c1-3-13(18)8-15-11(2)16-17(23-15)14(10-21-22-16)20-9-12-4-6-19-7-5-12/h4-7,10,13H,3,8-9,18H2,1-2H3,(H,20,22). The van der Waals surface area contributed by atoms with E-state index >= 15 is 0 Å². The monoisotopic (exact) mass is 327 g/mol. The van der Waals surface area contributed by atoms with Crippen LogP contribution in [-0.4, -0.2) is 21.2 Å². The van der Waals surface area contributed by atoms with Gasteiger partial charge in [-0.25, -0.2) is 0 Å². The lowest BCUT2D eigenvalue weighted by Crippen LogP contribution is -2.21. The van der Waals surface area contributed by atoms with Gasteiger partial charge in [-0.15, -0.1) is 16.4 Å². The summed E-state index contributed by atoms with van der Waals surface area (Å²) in [6.07, 6.45) is 7.27. The quantitative estimate of drug-likeness (QED) is 0.726. The molecule has 3 N–H and O–H groups in total. The molecule has 0 aliphatic carbocycles. The Labute approximate surface area is 140 Å². The van der Waals surface area contributed by atoms with Crippen molar-refractivity contribution in [3.63, 3.8) is 0 Å². The normalized spacial score (nSPS) is 12.5. The molecule has 0 aliphatic heterocycles. The number of rotatable bonds is 6. The van der Waals surface area contributed by atoms with Gasteiger partial charge < -0.3 is 11.1 Å². The molecule has 0 aliphatic rings. The summed E-state index contributed by atoms with van der Waals surface area (Å²) in [4.78, 5) is 5.35. The Bertz CT molecular complexity index is 784. The Morgan fingerprint density at radius 2 is 2.09 bits per heavy atom. The van der Waals surface area contributed by atoms with Gasteiger partial charge in [-0.3, -0.25) is 4.98 Å². The van der Waals surface area contributed by atoms with Crippen molar-refractivity contribution in [3.05, 3.63) is 46.7 Å². The zero-order valence-electron chi connectivity index (χ0n) is 13.4. The molecule has 0 spiro atoms. The Balaban J connectivity index is 1.87. The maximum atomic E-state index is 6.12. The van der Waals surface area contributed by atoms with Gasteiger partial charge in [-0.2, -0.15) is 5.10 Å². The predicted molar refractivity (Wildman–Crippen MR) is 95.7 cm³/mol. The fourth-order valence-corrected chi connectivity index (χ4v) is 3.78. The van der Waals surface area contributed by atoms with Crippen molar-refractivity contribution in [2.24, 2.45) is 5.73 Å². The number of aryl methyl sites for hydroxylation is 1. The van der Waals surface area contributed by atoms with Gasteiger partial charge in [-0.1, -0.05) is 6.92 Å². The highest BCUT2D eigenvalue weighted by Crippen LogP contribution is 2.34. The van der Waals surface area contributed by atoms with Crippen molar-refractivity contribution < 1.29 is 0 Å². The average Bonchev–Trinajstić information content (AvgIpc) is 2.90. The molecule has 3 rings (SSSR count). The third-order valence-electron chi connectivity index (χ3n) is 4.01. The summed E-state index contributed by atoms with van der Waals surface area (Å²) in [5, 5.41) is 11.9. The Kier molecular flexibility index (Phi) is 4.83. The zero-order chi connectivity index (χ0) is 16.2. The molecule has 0 radical (unpaired) electrons. The van der Waals surface area contributed by atoms with Crippen LogP contribution in [0.5, 0.6) is 0 Å². The highest BCUT2D eigenvalue weighted by molar-refractivity contribution is 7.19. The summed E-state index contributed by atoms with van der Waals surface area (Å²) in [5.74, 6) is 0. The number of hydrogen-bond acceptors (Lipinski definition) is 6. The van der Waals surface area contributed by atoms with Crippen molar-refractivity contribution in [2.45, 2.75) is 39.3 Å². The highest BCUT2D eigenvalue weighted by Gasteiger charge is 2.15. The number of thiophene rings is 1. The molecule has 23 heavy (non-hydrogen) atoms. The second-order valence-electron chi connectivity index (χ2n) is 5.67. The molecular weight excluding hydrogens is 306 g/mol. The maximum absolute atomic E-state index is 6.12. The summed E-state index contributed by atoms with van der Waals surface area (Å²) in [6.45, 7) is 4.97. The number of fused-ring (bicyclic) bond motifs is 1. The Morgan fingerprint density at radius 3 is 2.83 bits per heavy atom. The number of anilines is 1. The first-order valence-corrected chi connectivity index (χ1v) is 8.62. The molecule has 0 amide bonds. The number of nitrogens with zero attached hydrogens (tertiary/aromatic N) is 3. The summed E-state index contributed by atoms with van der Waals surface area (Å²) in [5.41, 5.74) is 10.5. The van der Waals surface area contributed by atoms with Crippen LogP contribution >= 0.6 is 11.3 Å². The van der Waals surface area contributed by atoms with Gasteiger partial charge in [-0.05, 0) is 43.0 Å². The first-order valence-electron chi connectivity index (χ1n) is 7.81. The van der Waals surface area contributed by atoms with Crippen LogP contribution in [0.2, 0.25) is 0 Å². The third-order valence-corrected chi connectivity index (χ3v) is 5.34. The van der Waals surface area contributed by atoms with Crippen LogP contribution in [0.1, 0.15) is 29.3 Å². The number of nitrogens with one attached hydrogen (secondary N) is 1. The third kappa shape index (κ3) is 3.48. The van der Waals surface area contributed by atoms with E-state index in [0.717, 1.165) is 35.3 Å². The molecule has 120 valence electrons. The second kappa shape index (κ2) is 7.02. The average molecular weight is 327 g/mol. The van der Waals surface area contributed by atoms with Crippen LogP contribution in [0.25, 0.3) is 10.2 Å². The van der Waals surface area contributed by atoms with E-state index in [0.29, 0.717) is 0 Å². The van der Waals surface area contributed by atoms with Gasteiger partial charge >= 0.3 is 0 Å². The molecule has 3 heterocycles. The van der Waals surface area contributed by atoms with Crippen LogP contribution in [0.4, 0.5) is 5.69 Å². The second-order valence-corrected chi connectivity index (χ2v) is 6.77. The van der Waals surface area contributed by atoms with Crippen molar-refractivity contribution in [1.82, 2.24) is 15.2 Å². The van der Waals surface area contributed by atoms with Gasteiger partial charge in [0.15, 0.2) is 0 Å². The molecule has 1 atom stereocenters. The smallest absolute Gasteiger partial charge is 0.109 e. The zero-order valence-corrected chi connectivity index (χ0v) is 14.2. The molecule has 0 aromatic carbocycles. The van der Waals surface area contributed by atoms with E-state index in [-0.39, 0.29) is 6.04 Å². The lowest BCUT2D eigenvalue weighted by atomic mass is 10.1. The number of nitrogens with two attached hydrogens (primary N) is 1. The minimum atomic E-state index is 0.197. The van der Waals surface area contributed by atoms with E-state index in [4.69, 9.17) is 5.73 Å². The molecule has 3 aromatic heterocycles. The van der Waals surface area contributed by atoms with Gasteiger partial charge in [0.25, 0.3) is 0 Å². The van der Waals surface area contributed by atoms with Crippen LogP contribution in [0.15, 0.2) is 30.7 Å². The van der Waals surface area contributed by atoms with Crippen molar-refractivity contribution in [3.8, 4) is 0 Å². The van der Waals surface area contributed by atoms with Gasteiger partial charge in [0.05, 0.1) is 16.6 Å². The highest BCUT2D eigenvalue weighted by atomic mass is 32.1. The van der Waals surface area contributed by atoms with E-state index < -0.39 is 0 Å². The Morgan fingerprint density at radius 1 is 1.30 bits per heavy atom. The fraction of sp³-hybridized carbons (Fsp3) is 0.353. The number of aromatic nitrogens is 3. The first-order chi connectivity index (χ1) is 11.2. The maximum Gasteiger partial charge on any atom is 0.109 e. The molecule has 0 bridgehead atoms. The molecule has 3 aromatic rings. The lowest BCUT2D eigenvalue weighted by Gasteiger charge is -2.06. The van der Waals surface area contributed by atoms with Gasteiger partial charge in [0.1, 0.15) is 5.52 Å². The molecular formula is C17H21N5S. The van der Waals surface area contributed by atoms with Gasteiger partial charge in [0, 0.05) is 29.9 Å². The summed E-state index contributed by atoms with van der Waals surface area (Å²) >= 11 is 1.77. The molecule has 0 saturated heterocycles. The fourth-order valence-electron chi connectivity index (χ4n) is 2.46. The molecule has 0 fully saturated rings. The van der Waals surface area contributed by atoms with Crippen LogP contribution in [0, 0.1) is 6.92 Å². The van der Waals surface area contributed by atoms with Crippen LogP contribution in [-0.2, 0) is 13.0 Å². The molecule has 1 unspecified atom stereocenters. The number of hydrogen-bond donors (Lipinski definition) is 2. The predicted octanol–water partition coefficient (Wildman–Crippen LogP) is 3.29. The van der Waals surface area contributed by atoms with Crippen molar-refractivity contribution >= 4 is 27.2 Å². The summed E-state index contributed by atoms with van der Waals surface area (Å²) in [6, 6.07) is 4.21. The van der Waals surface area contributed by atoms with E-state index in [2.05, 4.69) is 34.3 Å². The SMILES string of the molecule is CCC(N)Cc1sc2c(NCc3ccncc3)cnnc2c1C. The lowest BCUT2D eigenvalue weighted by molar-refractivity contribution is 0.650. The van der Waals surface area contributed by atoms with E-state index in [1.807, 2.05) is 12.1 Å². The van der Waals surface area contributed by atoms with E-state index in [1.54, 1.807) is 29.9 Å². The van der Waals surface area contributed by atoms with Crippen molar-refractivity contribution in [2.75, 3.05) is 5.32 Å². The number of pyridine rings is 1. The first kappa shape index (κ1) is 15.8. The molecule has 5 nitrogen and oxygen atoms in total. The topological polar surface area (TPSA) is 76.7 Å². The van der Waals surface area contributed by atoms with Gasteiger partial charge in [0.2, 0.25) is 0 Å². The Hall–Kier alpha value is -2.05. The minimum Gasteiger partial charge on any atom is -0.378 e. The molecule has 0 saturated carbocycles. The largest absolute Gasteiger partial charge is 0.378 e. The van der Waals surface area contributed by atoms with E-state index in [9.17, 15) is 0 Å². The summed E-state index contributed by atoms with van der Waals surface area (Å²) in [7, 11) is 0. The summed E-state index contributed by atoms with van der Waals surface area (Å²) < 4.78 is 1.16.